The van der Waals surface area contributed by atoms with Crippen molar-refractivity contribution in [2.24, 2.45) is 5.73 Å². The fourth-order valence-corrected chi connectivity index (χ4v) is 2.26. The highest BCUT2D eigenvalue weighted by atomic mass is 35.5. The van der Waals surface area contributed by atoms with Crippen LogP contribution in [0.2, 0.25) is 5.02 Å². The number of carbonyl (C=O) groups excluding carboxylic acids is 1. The Balaban J connectivity index is 2.27. The second-order valence-electron chi connectivity index (χ2n) is 4.38. The Labute approximate surface area is 132 Å². The SMILES string of the molecule is NC(=S)C(NC(=O)c1cc(O)ccc1Cl)c1ccccc1. The van der Waals surface area contributed by atoms with E-state index in [2.05, 4.69) is 5.32 Å². The number of hydrogen-bond acceptors (Lipinski definition) is 3. The van der Waals surface area contributed by atoms with Gasteiger partial charge in [-0.2, -0.15) is 0 Å². The maximum absolute atomic E-state index is 12.3. The van der Waals surface area contributed by atoms with Crippen LogP contribution < -0.4 is 11.1 Å². The van der Waals surface area contributed by atoms with Crippen molar-refractivity contribution >= 4 is 34.7 Å². The average molecular weight is 321 g/mol. The van der Waals surface area contributed by atoms with Gasteiger partial charge in [-0.15, -0.1) is 0 Å². The van der Waals surface area contributed by atoms with Gasteiger partial charge in [-0.25, -0.2) is 0 Å². The summed E-state index contributed by atoms with van der Waals surface area (Å²) in [5.74, 6) is -0.506. The number of nitrogens with two attached hydrogens (primary N) is 1. The van der Waals surface area contributed by atoms with Gasteiger partial charge in [0, 0.05) is 0 Å². The third-order valence-electron chi connectivity index (χ3n) is 2.89. The Kier molecular flexibility index (Phi) is 4.77. The second-order valence-corrected chi connectivity index (χ2v) is 5.26. The van der Waals surface area contributed by atoms with Gasteiger partial charge in [0.25, 0.3) is 5.91 Å². The number of rotatable bonds is 4. The highest BCUT2D eigenvalue weighted by molar-refractivity contribution is 7.80. The monoisotopic (exact) mass is 320 g/mol. The molecule has 0 bridgehead atoms. The molecule has 1 unspecified atom stereocenters. The predicted molar refractivity (Wildman–Crippen MR) is 86.6 cm³/mol. The quantitative estimate of drug-likeness (QED) is 0.757. The van der Waals surface area contributed by atoms with E-state index in [1.54, 1.807) is 0 Å². The lowest BCUT2D eigenvalue weighted by molar-refractivity contribution is 0.0946. The fraction of sp³-hybridized carbons (Fsp3) is 0.0667. The normalized spacial score (nSPS) is 11.7. The Bertz CT molecular complexity index is 677. The first-order chi connectivity index (χ1) is 9.99. The van der Waals surface area contributed by atoms with Gasteiger partial charge >= 0.3 is 0 Å². The Morgan fingerprint density at radius 1 is 1.24 bits per heavy atom. The van der Waals surface area contributed by atoms with Crippen LogP contribution >= 0.6 is 23.8 Å². The molecule has 0 saturated heterocycles. The lowest BCUT2D eigenvalue weighted by Gasteiger charge is -2.18. The van der Waals surface area contributed by atoms with E-state index >= 15 is 0 Å². The van der Waals surface area contributed by atoms with Crippen molar-refractivity contribution in [2.45, 2.75) is 6.04 Å². The molecule has 0 aromatic heterocycles. The number of nitrogens with one attached hydrogen (secondary N) is 1. The van der Waals surface area contributed by atoms with Crippen LogP contribution in [0.4, 0.5) is 0 Å². The summed E-state index contributed by atoms with van der Waals surface area (Å²) in [7, 11) is 0. The molecule has 2 rings (SSSR count). The smallest absolute Gasteiger partial charge is 0.253 e. The van der Waals surface area contributed by atoms with E-state index in [1.807, 2.05) is 30.3 Å². The summed E-state index contributed by atoms with van der Waals surface area (Å²) in [4.78, 5) is 12.4. The van der Waals surface area contributed by atoms with Crippen molar-refractivity contribution in [3.05, 3.63) is 64.7 Å². The van der Waals surface area contributed by atoms with Crippen molar-refractivity contribution in [3.63, 3.8) is 0 Å². The van der Waals surface area contributed by atoms with Gasteiger partial charge in [-0.05, 0) is 23.8 Å². The van der Waals surface area contributed by atoms with Gasteiger partial charge in [0.2, 0.25) is 0 Å². The molecule has 0 radical (unpaired) electrons. The summed E-state index contributed by atoms with van der Waals surface area (Å²) in [6, 6.07) is 12.7. The first kappa shape index (κ1) is 15.3. The van der Waals surface area contributed by atoms with E-state index in [-0.39, 0.29) is 21.3 Å². The summed E-state index contributed by atoms with van der Waals surface area (Å²) < 4.78 is 0. The van der Waals surface area contributed by atoms with Gasteiger partial charge in [-0.1, -0.05) is 54.2 Å². The Morgan fingerprint density at radius 2 is 1.90 bits per heavy atom. The third kappa shape index (κ3) is 3.71. The van der Waals surface area contributed by atoms with Crippen LogP contribution in [-0.4, -0.2) is 16.0 Å². The zero-order valence-corrected chi connectivity index (χ0v) is 12.5. The second kappa shape index (κ2) is 6.56. The molecule has 6 heteroatoms. The third-order valence-corrected chi connectivity index (χ3v) is 3.45. The highest BCUT2D eigenvalue weighted by Gasteiger charge is 2.19. The number of hydrogen-bond donors (Lipinski definition) is 3. The molecular weight excluding hydrogens is 308 g/mol. The molecule has 0 fully saturated rings. The van der Waals surface area contributed by atoms with Gasteiger partial charge in [0.05, 0.1) is 10.6 Å². The Hall–Kier alpha value is -2.11. The van der Waals surface area contributed by atoms with Crippen molar-refractivity contribution in [2.75, 3.05) is 0 Å². The number of benzene rings is 2. The van der Waals surface area contributed by atoms with Crippen LogP contribution in [0.25, 0.3) is 0 Å². The van der Waals surface area contributed by atoms with Crippen LogP contribution in [0.15, 0.2) is 48.5 Å². The zero-order chi connectivity index (χ0) is 15.4. The summed E-state index contributed by atoms with van der Waals surface area (Å²) in [5, 5.41) is 12.4. The number of phenolic OH excluding ortho intramolecular Hbond substituents is 1. The Morgan fingerprint density at radius 3 is 2.52 bits per heavy atom. The zero-order valence-electron chi connectivity index (χ0n) is 10.9. The lowest BCUT2D eigenvalue weighted by Crippen LogP contribution is -2.36. The van der Waals surface area contributed by atoms with Gasteiger partial charge in [0.15, 0.2) is 0 Å². The number of phenols is 1. The first-order valence-corrected chi connectivity index (χ1v) is 6.91. The van der Waals surface area contributed by atoms with Crippen molar-refractivity contribution in [1.29, 1.82) is 0 Å². The minimum atomic E-state index is -0.605. The standard InChI is InChI=1S/C15H13ClN2O2S/c16-12-7-6-10(19)8-11(12)15(20)18-13(14(17)21)9-4-2-1-3-5-9/h1-8,13,19H,(H2,17,21)(H,18,20). The molecule has 1 atom stereocenters. The first-order valence-electron chi connectivity index (χ1n) is 6.12. The van der Waals surface area contributed by atoms with Crippen molar-refractivity contribution in [1.82, 2.24) is 5.32 Å². The molecule has 4 nitrogen and oxygen atoms in total. The van der Waals surface area contributed by atoms with Crippen LogP contribution in [0, 0.1) is 0 Å². The van der Waals surface area contributed by atoms with E-state index in [4.69, 9.17) is 29.6 Å². The van der Waals surface area contributed by atoms with E-state index in [9.17, 15) is 9.90 Å². The van der Waals surface area contributed by atoms with Crippen LogP contribution in [-0.2, 0) is 0 Å². The molecule has 4 N–H and O–H groups in total. The molecule has 0 spiro atoms. The lowest BCUT2D eigenvalue weighted by atomic mass is 10.1. The van der Waals surface area contributed by atoms with E-state index < -0.39 is 11.9 Å². The number of amides is 1. The molecule has 2 aromatic rings. The topological polar surface area (TPSA) is 75.3 Å². The number of thiocarbonyl (C=S) groups is 1. The summed E-state index contributed by atoms with van der Waals surface area (Å²) in [6.07, 6.45) is 0. The van der Waals surface area contributed by atoms with Gasteiger partial charge in [0.1, 0.15) is 16.8 Å². The van der Waals surface area contributed by atoms with Gasteiger partial charge < -0.3 is 16.2 Å². The molecule has 108 valence electrons. The minimum Gasteiger partial charge on any atom is -0.508 e. The largest absolute Gasteiger partial charge is 0.508 e. The average Bonchev–Trinajstić information content (AvgIpc) is 2.47. The summed E-state index contributed by atoms with van der Waals surface area (Å²) >= 11 is 11.0. The number of halogens is 1. The fourth-order valence-electron chi connectivity index (χ4n) is 1.86. The molecule has 0 aliphatic carbocycles. The molecule has 2 aromatic carbocycles. The number of carbonyl (C=O) groups is 1. The van der Waals surface area contributed by atoms with E-state index in [0.29, 0.717) is 0 Å². The van der Waals surface area contributed by atoms with E-state index in [1.165, 1.54) is 18.2 Å². The molecule has 0 aliphatic heterocycles. The van der Waals surface area contributed by atoms with Crippen LogP contribution in [0.3, 0.4) is 0 Å². The molecule has 21 heavy (non-hydrogen) atoms. The predicted octanol–water partition coefficient (Wildman–Crippen LogP) is 2.80. The minimum absolute atomic E-state index is 0.0452. The van der Waals surface area contributed by atoms with E-state index in [0.717, 1.165) is 5.56 Å². The van der Waals surface area contributed by atoms with Crippen molar-refractivity contribution in [3.8, 4) is 5.75 Å². The summed E-state index contributed by atoms with van der Waals surface area (Å²) in [5.41, 5.74) is 6.63. The van der Waals surface area contributed by atoms with Gasteiger partial charge in [-0.3, -0.25) is 4.79 Å². The van der Waals surface area contributed by atoms with Crippen LogP contribution in [0.1, 0.15) is 22.0 Å². The maximum Gasteiger partial charge on any atom is 0.253 e. The molecule has 0 heterocycles. The van der Waals surface area contributed by atoms with Crippen molar-refractivity contribution < 1.29 is 9.90 Å². The molecular formula is C15H13ClN2O2S. The maximum atomic E-state index is 12.3. The van der Waals surface area contributed by atoms with Crippen LogP contribution in [0.5, 0.6) is 5.75 Å². The summed E-state index contributed by atoms with van der Waals surface area (Å²) in [6.45, 7) is 0. The number of aromatic hydroxyl groups is 1. The highest BCUT2D eigenvalue weighted by Crippen LogP contribution is 2.22. The molecule has 0 aliphatic rings. The molecule has 0 saturated carbocycles. The molecule has 1 amide bonds.